The number of carbonyl (C=O) groups is 3. The summed E-state index contributed by atoms with van der Waals surface area (Å²) in [5, 5.41) is 3.00. The number of nitrogens with one attached hydrogen (secondary N) is 1. The number of aldehydes is 1. The van der Waals surface area contributed by atoms with E-state index in [0.717, 1.165) is 32.0 Å². The number of aryl methyl sites for hydroxylation is 1. The Morgan fingerprint density at radius 1 is 1.19 bits per heavy atom. The Hall–Kier alpha value is -1.92. The maximum absolute atomic E-state index is 13.2. The van der Waals surface area contributed by atoms with Crippen molar-refractivity contribution >= 4 is 35.1 Å². The van der Waals surface area contributed by atoms with Gasteiger partial charge >= 0.3 is 0 Å². The van der Waals surface area contributed by atoms with Gasteiger partial charge in [-0.15, -0.1) is 0 Å². The van der Waals surface area contributed by atoms with Crippen molar-refractivity contribution in [3.05, 3.63) is 35.4 Å². The minimum absolute atomic E-state index is 0.0656. The van der Waals surface area contributed by atoms with Crippen LogP contribution in [0.3, 0.4) is 0 Å². The van der Waals surface area contributed by atoms with Crippen molar-refractivity contribution in [2.24, 2.45) is 11.8 Å². The van der Waals surface area contributed by atoms with Crippen molar-refractivity contribution in [3.63, 3.8) is 0 Å². The summed E-state index contributed by atoms with van der Waals surface area (Å²) in [6, 6.07) is 7.29. The predicted octanol–water partition coefficient (Wildman–Crippen LogP) is 1.51. The predicted molar refractivity (Wildman–Crippen MR) is 106 cm³/mol. The molecule has 1 aromatic carbocycles. The van der Waals surface area contributed by atoms with Crippen molar-refractivity contribution in [1.82, 2.24) is 10.2 Å². The molecule has 142 valence electrons. The molecule has 1 aromatic rings. The molecular formula is C21H24N2O3S. The quantitative estimate of drug-likeness (QED) is 0.630. The van der Waals surface area contributed by atoms with Crippen LogP contribution in [0.5, 0.6) is 0 Å². The second-order valence-corrected chi connectivity index (χ2v) is 8.31. The summed E-state index contributed by atoms with van der Waals surface area (Å²) >= 11 is 5.32. The summed E-state index contributed by atoms with van der Waals surface area (Å²) in [6.07, 6.45) is 4.73. The summed E-state index contributed by atoms with van der Waals surface area (Å²) in [5.74, 6) is -0.629. The van der Waals surface area contributed by atoms with E-state index in [1.165, 1.54) is 11.1 Å². The van der Waals surface area contributed by atoms with Gasteiger partial charge in [-0.05, 0) is 43.2 Å². The summed E-state index contributed by atoms with van der Waals surface area (Å²) in [4.78, 5) is 40.0. The van der Waals surface area contributed by atoms with E-state index < -0.39 is 18.0 Å². The minimum Gasteiger partial charge on any atom is -0.332 e. The molecule has 3 aliphatic rings. The topological polar surface area (TPSA) is 66.5 Å². The van der Waals surface area contributed by atoms with E-state index >= 15 is 0 Å². The number of thiocarbonyl (C=S) groups is 1. The van der Waals surface area contributed by atoms with E-state index in [1.807, 2.05) is 12.1 Å². The Bertz CT molecular complexity index is 793. The first-order valence-corrected chi connectivity index (χ1v) is 10.1. The largest absolute Gasteiger partial charge is 0.332 e. The van der Waals surface area contributed by atoms with Crippen LogP contribution in [0.2, 0.25) is 0 Å². The number of carbonyl (C=O) groups excluding carboxylic acids is 3. The van der Waals surface area contributed by atoms with E-state index in [4.69, 9.17) is 12.2 Å². The highest BCUT2D eigenvalue weighted by Crippen LogP contribution is 2.31. The molecule has 27 heavy (non-hydrogen) atoms. The van der Waals surface area contributed by atoms with Crippen LogP contribution in [-0.4, -0.2) is 52.9 Å². The molecular weight excluding hydrogens is 360 g/mol. The molecule has 2 fully saturated rings. The van der Waals surface area contributed by atoms with Crippen LogP contribution < -0.4 is 5.32 Å². The van der Waals surface area contributed by atoms with Crippen LogP contribution in [0.4, 0.5) is 0 Å². The Morgan fingerprint density at radius 3 is 2.74 bits per heavy atom. The first-order valence-electron chi connectivity index (χ1n) is 9.72. The van der Waals surface area contributed by atoms with Gasteiger partial charge in [-0.1, -0.05) is 36.5 Å². The van der Waals surface area contributed by atoms with Gasteiger partial charge in [0, 0.05) is 23.9 Å². The highest BCUT2D eigenvalue weighted by molar-refractivity contribution is 7.80. The van der Waals surface area contributed by atoms with Crippen molar-refractivity contribution in [2.75, 3.05) is 13.1 Å². The summed E-state index contributed by atoms with van der Waals surface area (Å²) in [6.45, 7) is 1.03. The van der Waals surface area contributed by atoms with Crippen molar-refractivity contribution in [2.45, 2.75) is 44.2 Å². The summed E-state index contributed by atoms with van der Waals surface area (Å²) in [5.41, 5.74) is 2.57. The number of hydrogen-bond acceptors (Lipinski definition) is 5. The smallest absolute Gasteiger partial charge is 0.226 e. The van der Waals surface area contributed by atoms with Gasteiger partial charge in [-0.2, -0.15) is 0 Å². The van der Waals surface area contributed by atoms with Gasteiger partial charge in [-0.3, -0.25) is 9.59 Å². The molecule has 1 amide bonds. The number of rotatable bonds is 4. The lowest BCUT2D eigenvalue weighted by molar-refractivity contribution is -0.142. The van der Waals surface area contributed by atoms with Crippen molar-refractivity contribution in [1.29, 1.82) is 0 Å². The lowest BCUT2D eigenvalue weighted by atomic mass is 9.82. The van der Waals surface area contributed by atoms with Gasteiger partial charge in [0.05, 0.1) is 18.0 Å². The minimum atomic E-state index is -0.581. The second-order valence-electron chi connectivity index (χ2n) is 7.79. The number of benzene rings is 1. The molecule has 0 spiro atoms. The van der Waals surface area contributed by atoms with Crippen LogP contribution >= 0.6 is 12.2 Å². The maximum Gasteiger partial charge on any atom is 0.226 e. The molecule has 4 atom stereocenters. The Labute approximate surface area is 164 Å². The molecule has 0 aromatic heterocycles. The van der Waals surface area contributed by atoms with E-state index in [9.17, 15) is 14.4 Å². The molecule has 2 aliphatic heterocycles. The lowest BCUT2D eigenvalue weighted by Gasteiger charge is -2.32. The molecule has 0 radical (unpaired) electrons. The van der Waals surface area contributed by atoms with Gasteiger partial charge in [0.15, 0.2) is 5.78 Å². The normalized spacial score (nSPS) is 30.2. The third kappa shape index (κ3) is 3.36. The third-order valence-corrected chi connectivity index (χ3v) is 6.63. The highest BCUT2D eigenvalue weighted by atomic mass is 32.1. The zero-order valence-corrected chi connectivity index (χ0v) is 16.0. The fourth-order valence-corrected chi connectivity index (χ4v) is 5.13. The highest BCUT2D eigenvalue weighted by Gasteiger charge is 2.45. The third-order valence-electron chi connectivity index (χ3n) is 6.23. The number of ketones is 1. The second kappa shape index (κ2) is 7.60. The van der Waals surface area contributed by atoms with Crippen LogP contribution in [-0.2, 0) is 27.2 Å². The fourth-order valence-electron chi connectivity index (χ4n) is 4.79. The first kappa shape index (κ1) is 18.4. The molecule has 1 aliphatic carbocycles. The van der Waals surface area contributed by atoms with E-state index in [1.54, 1.807) is 4.90 Å². The standard InChI is InChI=1S/C21H24N2O3S/c24-12-16-19(18(27)11-22-16)20(25)17-6-3-9-23(17)21(26)15-8-7-13-4-1-2-5-14(13)10-15/h1-2,4-5,12,15-17,19,22H,3,6-11H2/t15-,16+,17-,19?/m0/s1. The lowest BCUT2D eigenvalue weighted by Crippen LogP contribution is -2.49. The Morgan fingerprint density at radius 2 is 1.96 bits per heavy atom. The number of amides is 1. The molecule has 1 unspecified atom stereocenters. The van der Waals surface area contributed by atoms with E-state index in [2.05, 4.69) is 17.4 Å². The average molecular weight is 385 g/mol. The molecule has 2 saturated heterocycles. The van der Waals surface area contributed by atoms with Gasteiger partial charge in [0.25, 0.3) is 0 Å². The number of likely N-dealkylation sites (tertiary alicyclic amines) is 1. The zero-order chi connectivity index (χ0) is 19.0. The molecule has 1 N–H and O–H groups in total. The molecule has 0 saturated carbocycles. The van der Waals surface area contributed by atoms with Crippen LogP contribution in [0, 0.1) is 11.8 Å². The maximum atomic E-state index is 13.2. The molecule has 2 heterocycles. The molecule has 5 nitrogen and oxygen atoms in total. The van der Waals surface area contributed by atoms with Gasteiger partial charge in [0.2, 0.25) is 5.91 Å². The Balaban J connectivity index is 1.50. The SMILES string of the molecule is O=C[C@H]1NCC(=S)C1C(=O)[C@@H]1CCCN1C(=O)[C@H]1CCc2ccccc2C1. The van der Waals surface area contributed by atoms with Gasteiger partial charge in [-0.25, -0.2) is 0 Å². The van der Waals surface area contributed by atoms with Crippen LogP contribution in [0.25, 0.3) is 0 Å². The van der Waals surface area contributed by atoms with E-state index in [0.29, 0.717) is 24.4 Å². The monoisotopic (exact) mass is 384 g/mol. The van der Waals surface area contributed by atoms with Crippen molar-refractivity contribution < 1.29 is 14.4 Å². The Kier molecular flexibility index (Phi) is 5.19. The first-order chi connectivity index (χ1) is 13.1. The van der Waals surface area contributed by atoms with Gasteiger partial charge < -0.3 is 15.0 Å². The van der Waals surface area contributed by atoms with Gasteiger partial charge in [0.1, 0.15) is 6.29 Å². The summed E-state index contributed by atoms with van der Waals surface area (Å²) < 4.78 is 0. The average Bonchev–Trinajstić information content (AvgIpc) is 3.33. The number of hydrogen-bond donors (Lipinski definition) is 1. The van der Waals surface area contributed by atoms with Crippen LogP contribution in [0.1, 0.15) is 30.4 Å². The van der Waals surface area contributed by atoms with Crippen LogP contribution in [0.15, 0.2) is 24.3 Å². The molecule has 0 bridgehead atoms. The number of nitrogens with zero attached hydrogens (tertiary/aromatic N) is 1. The van der Waals surface area contributed by atoms with E-state index in [-0.39, 0.29) is 17.6 Å². The summed E-state index contributed by atoms with van der Waals surface area (Å²) in [7, 11) is 0. The fraction of sp³-hybridized carbons (Fsp3) is 0.524. The number of fused-ring (bicyclic) bond motifs is 1. The molecule has 4 rings (SSSR count). The van der Waals surface area contributed by atoms with Crippen molar-refractivity contribution in [3.8, 4) is 0 Å². The number of Topliss-reactive ketones (excluding diaryl/α,β-unsaturated/α-hetero) is 1. The zero-order valence-electron chi connectivity index (χ0n) is 15.2. The molecule has 6 heteroatoms.